The smallest absolute Gasteiger partial charge is 0.407 e. The van der Waals surface area contributed by atoms with Crippen LogP contribution < -0.4 is 16.4 Å². The van der Waals surface area contributed by atoms with Gasteiger partial charge in [-0.15, -0.1) is 0 Å². The summed E-state index contributed by atoms with van der Waals surface area (Å²) in [6.07, 6.45) is 0.151. The van der Waals surface area contributed by atoms with Gasteiger partial charge in [0.05, 0.1) is 5.56 Å². The number of anilines is 1. The molecule has 1 aromatic carbocycles. The average Bonchev–Trinajstić information content (AvgIpc) is 2.35. The lowest BCUT2D eigenvalue weighted by atomic mass is 10.1. The monoisotopic (exact) mass is 307 g/mol. The molecule has 4 N–H and O–H groups in total. The predicted molar refractivity (Wildman–Crippen MR) is 86.8 cm³/mol. The highest BCUT2D eigenvalue weighted by atomic mass is 16.6. The lowest BCUT2D eigenvalue weighted by Crippen LogP contribution is -2.34. The molecule has 0 saturated heterocycles. The maximum atomic E-state index is 12.1. The highest BCUT2D eigenvalue weighted by molar-refractivity contribution is 6.00. The second-order valence-electron chi connectivity index (χ2n) is 6.08. The van der Waals surface area contributed by atoms with Gasteiger partial charge in [-0.3, -0.25) is 4.79 Å². The first-order chi connectivity index (χ1) is 10.2. The molecule has 0 atom stereocenters. The highest BCUT2D eigenvalue weighted by Gasteiger charge is 2.15. The Morgan fingerprint density at radius 3 is 2.41 bits per heavy atom. The lowest BCUT2D eigenvalue weighted by molar-refractivity contribution is 0.0527. The third-order valence-corrected chi connectivity index (χ3v) is 2.84. The van der Waals surface area contributed by atoms with Gasteiger partial charge >= 0.3 is 6.09 Å². The topological polar surface area (TPSA) is 93.5 Å². The summed E-state index contributed by atoms with van der Waals surface area (Å²) in [6, 6.07) is 5.35. The van der Waals surface area contributed by atoms with Crippen LogP contribution in [0.5, 0.6) is 0 Å². The minimum absolute atomic E-state index is 0.201. The number of benzene rings is 1. The third-order valence-electron chi connectivity index (χ3n) is 2.84. The number of hydrogen-bond donors (Lipinski definition) is 3. The number of rotatable bonds is 5. The average molecular weight is 307 g/mol. The van der Waals surface area contributed by atoms with Crippen molar-refractivity contribution in [3.8, 4) is 0 Å². The van der Waals surface area contributed by atoms with Crippen molar-refractivity contribution in [3.63, 3.8) is 0 Å². The fourth-order valence-corrected chi connectivity index (χ4v) is 1.88. The summed E-state index contributed by atoms with van der Waals surface area (Å²) < 4.78 is 5.11. The van der Waals surface area contributed by atoms with Gasteiger partial charge in [0.25, 0.3) is 5.91 Å². The molecule has 0 spiro atoms. The van der Waals surface area contributed by atoms with E-state index in [4.69, 9.17) is 10.5 Å². The first-order valence-corrected chi connectivity index (χ1v) is 7.31. The van der Waals surface area contributed by atoms with Crippen molar-refractivity contribution in [3.05, 3.63) is 29.3 Å². The van der Waals surface area contributed by atoms with Gasteiger partial charge in [0, 0.05) is 18.8 Å². The number of hydrogen-bond acceptors (Lipinski definition) is 4. The quantitative estimate of drug-likeness (QED) is 0.574. The molecule has 0 aliphatic heterocycles. The molecule has 0 aliphatic carbocycles. The van der Waals surface area contributed by atoms with Gasteiger partial charge in [-0.1, -0.05) is 12.1 Å². The molecule has 0 heterocycles. The molecule has 1 aromatic rings. The van der Waals surface area contributed by atoms with Gasteiger partial charge in [-0.2, -0.15) is 0 Å². The van der Waals surface area contributed by atoms with Crippen molar-refractivity contribution in [1.82, 2.24) is 10.6 Å². The summed E-state index contributed by atoms with van der Waals surface area (Å²) in [4.78, 5) is 23.5. The van der Waals surface area contributed by atoms with E-state index in [1.165, 1.54) is 0 Å². The van der Waals surface area contributed by atoms with Crippen LogP contribution >= 0.6 is 0 Å². The van der Waals surface area contributed by atoms with E-state index in [1.807, 2.05) is 19.1 Å². The summed E-state index contributed by atoms with van der Waals surface area (Å²) in [5.41, 5.74) is 7.11. The fraction of sp³-hybridized carbons (Fsp3) is 0.500. The fourth-order valence-electron chi connectivity index (χ4n) is 1.88. The Bertz CT molecular complexity index is 516. The van der Waals surface area contributed by atoms with Crippen LogP contribution in [0.4, 0.5) is 10.5 Å². The molecular formula is C16H25N3O3. The van der Waals surface area contributed by atoms with Gasteiger partial charge < -0.3 is 21.1 Å². The normalized spacial score (nSPS) is 10.9. The molecule has 122 valence electrons. The molecule has 0 fully saturated rings. The first-order valence-electron chi connectivity index (χ1n) is 7.31. The van der Waals surface area contributed by atoms with Crippen molar-refractivity contribution >= 4 is 17.7 Å². The van der Waals surface area contributed by atoms with Crippen molar-refractivity contribution < 1.29 is 14.3 Å². The number of nitrogen functional groups attached to an aromatic ring is 1. The number of aryl methyl sites for hydroxylation is 1. The van der Waals surface area contributed by atoms with Crippen molar-refractivity contribution in [2.75, 3.05) is 18.8 Å². The summed E-state index contributed by atoms with van der Waals surface area (Å²) in [5, 5.41) is 5.43. The zero-order valence-electron chi connectivity index (χ0n) is 13.7. The maximum absolute atomic E-state index is 12.1. The first kappa shape index (κ1) is 17.8. The van der Waals surface area contributed by atoms with Crippen LogP contribution in [0.25, 0.3) is 0 Å². The molecule has 0 saturated carbocycles. The predicted octanol–water partition coefficient (Wildman–Crippen LogP) is 2.22. The molecule has 6 nitrogen and oxygen atoms in total. The van der Waals surface area contributed by atoms with Crippen LogP contribution in [0.3, 0.4) is 0 Å². The molecule has 22 heavy (non-hydrogen) atoms. The highest BCUT2D eigenvalue weighted by Crippen LogP contribution is 2.15. The van der Waals surface area contributed by atoms with Crippen LogP contribution in [0.2, 0.25) is 0 Å². The molecule has 0 aliphatic rings. The van der Waals surface area contributed by atoms with E-state index < -0.39 is 11.7 Å². The molecule has 0 radical (unpaired) electrons. The summed E-state index contributed by atoms with van der Waals surface area (Å²) in [5.74, 6) is -0.201. The minimum Gasteiger partial charge on any atom is -0.444 e. The number of ether oxygens (including phenoxy) is 1. The van der Waals surface area contributed by atoms with Crippen LogP contribution in [-0.2, 0) is 4.74 Å². The molecule has 1 rings (SSSR count). The Morgan fingerprint density at radius 2 is 1.82 bits per heavy atom. The van der Waals surface area contributed by atoms with Gasteiger partial charge in [0.15, 0.2) is 0 Å². The number of carbonyl (C=O) groups excluding carboxylic acids is 2. The summed E-state index contributed by atoms with van der Waals surface area (Å²) in [7, 11) is 0. The number of carbonyl (C=O) groups is 2. The van der Waals surface area contributed by atoms with Crippen molar-refractivity contribution in [2.24, 2.45) is 0 Å². The van der Waals surface area contributed by atoms with E-state index in [2.05, 4.69) is 10.6 Å². The number of amides is 2. The Kier molecular flexibility index (Phi) is 6.22. The second-order valence-corrected chi connectivity index (χ2v) is 6.08. The summed E-state index contributed by atoms with van der Waals surface area (Å²) in [6.45, 7) is 8.13. The van der Waals surface area contributed by atoms with E-state index in [0.717, 1.165) is 5.56 Å². The van der Waals surface area contributed by atoms with E-state index in [0.29, 0.717) is 30.8 Å². The van der Waals surface area contributed by atoms with E-state index >= 15 is 0 Å². The Morgan fingerprint density at radius 1 is 1.18 bits per heavy atom. The standard InChI is InChI=1S/C16H25N3O3/c1-11-7-5-8-12(17)13(11)14(20)18-9-6-10-19-15(21)22-16(2,3)4/h5,7-8H,6,9-10,17H2,1-4H3,(H,18,20)(H,19,21). The van der Waals surface area contributed by atoms with Crippen molar-refractivity contribution in [1.29, 1.82) is 0 Å². The maximum Gasteiger partial charge on any atom is 0.407 e. The van der Waals surface area contributed by atoms with Crippen LogP contribution in [0.15, 0.2) is 18.2 Å². The Balaban J connectivity index is 2.31. The molecule has 0 aromatic heterocycles. The number of nitrogens with two attached hydrogens (primary N) is 1. The van der Waals surface area contributed by atoms with Gasteiger partial charge in [0.2, 0.25) is 0 Å². The largest absolute Gasteiger partial charge is 0.444 e. The zero-order valence-corrected chi connectivity index (χ0v) is 13.7. The molecule has 6 heteroatoms. The zero-order chi connectivity index (χ0) is 16.8. The Labute approximate surface area is 131 Å². The Hall–Kier alpha value is -2.24. The van der Waals surface area contributed by atoms with E-state index in [-0.39, 0.29) is 5.91 Å². The van der Waals surface area contributed by atoms with Crippen molar-refractivity contribution in [2.45, 2.75) is 39.7 Å². The van der Waals surface area contributed by atoms with Crippen LogP contribution in [0.1, 0.15) is 43.1 Å². The van der Waals surface area contributed by atoms with E-state index in [9.17, 15) is 9.59 Å². The van der Waals surface area contributed by atoms with Crippen LogP contribution in [0, 0.1) is 6.92 Å². The molecule has 0 bridgehead atoms. The minimum atomic E-state index is -0.513. The molecule has 0 unspecified atom stereocenters. The third kappa shape index (κ3) is 6.03. The van der Waals surface area contributed by atoms with Gasteiger partial charge in [-0.25, -0.2) is 4.79 Å². The molecule has 2 amide bonds. The van der Waals surface area contributed by atoms with Gasteiger partial charge in [0.1, 0.15) is 5.60 Å². The molecular weight excluding hydrogens is 282 g/mol. The van der Waals surface area contributed by atoms with Gasteiger partial charge in [-0.05, 0) is 45.7 Å². The SMILES string of the molecule is Cc1cccc(N)c1C(=O)NCCCNC(=O)OC(C)(C)C. The number of alkyl carbamates (subject to hydrolysis) is 1. The lowest BCUT2D eigenvalue weighted by Gasteiger charge is -2.19. The summed E-state index contributed by atoms with van der Waals surface area (Å²) >= 11 is 0. The number of nitrogens with one attached hydrogen (secondary N) is 2. The second kappa shape index (κ2) is 7.68. The van der Waals surface area contributed by atoms with E-state index in [1.54, 1.807) is 26.8 Å². The van der Waals surface area contributed by atoms with Crippen LogP contribution in [-0.4, -0.2) is 30.7 Å².